The van der Waals surface area contributed by atoms with Gasteiger partial charge in [-0.25, -0.2) is 4.39 Å². The molecule has 0 heterocycles. The van der Waals surface area contributed by atoms with E-state index in [1.54, 1.807) is 12.1 Å². The molecule has 0 atom stereocenters. The first kappa shape index (κ1) is 10.5. The van der Waals surface area contributed by atoms with Crippen LogP contribution in [-0.4, -0.2) is 11.4 Å². The van der Waals surface area contributed by atoms with Gasteiger partial charge in [-0.2, -0.15) is 0 Å². The molecule has 0 radical (unpaired) electrons. The quantitative estimate of drug-likeness (QED) is 0.830. The van der Waals surface area contributed by atoms with Crippen LogP contribution in [0, 0.1) is 15.3 Å². The van der Waals surface area contributed by atoms with Gasteiger partial charge in [0.25, 0.3) is 5.91 Å². The average molecular weight is 331 g/mol. The van der Waals surface area contributed by atoms with Crippen LogP contribution in [-0.2, 0) is 0 Å². The van der Waals surface area contributed by atoms with Gasteiger partial charge in [0.15, 0.2) is 0 Å². The molecule has 0 saturated heterocycles. The molecule has 1 amide bonds. The molecule has 3 aliphatic carbocycles. The van der Waals surface area contributed by atoms with Gasteiger partial charge < -0.3 is 5.32 Å². The van der Waals surface area contributed by atoms with Crippen LogP contribution in [0.5, 0.6) is 0 Å². The highest BCUT2D eigenvalue weighted by atomic mass is 127. The van der Waals surface area contributed by atoms with Gasteiger partial charge in [-0.15, -0.1) is 0 Å². The molecule has 2 nitrogen and oxygen atoms in total. The minimum absolute atomic E-state index is 0.00705. The number of carbonyl (C=O) groups is 1. The molecule has 2 bridgehead atoms. The number of carbonyl (C=O) groups excluding carboxylic acids is 1. The van der Waals surface area contributed by atoms with Crippen molar-refractivity contribution in [1.29, 1.82) is 0 Å². The number of hydrogen-bond donors (Lipinski definition) is 1. The maximum atomic E-state index is 13.5. The lowest BCUT2D eigenvalue weighted by Crippen LogP contribution is -2.68. The Morgan fingerprint density at radius 1 is 1.44 bits per heavy atom. The molecular formula is C12H11FINO. The minimum Gasteiger partial charge on any atom is -0.346 e. The van der Waals surface area contributed by atoms with E-state index >= 15 is 0 Å². The second-order valence-electron chi connectivity index (χ2n) is 4.81. The number of halogens is 2. The first-order valence-corrected chi connectivity index (χ1v) is 6.44. The zero-order chi connectivity index (χ0) is 11.3. The van der Waals surface area contributed by atoms with Gasteiger partial charge in [-0.05, 0) is 59.9 Å². The molecule has 1 aromatic carbocycles. The van der Waals surface area contributed by atoms with Crippen molar-refractivity contribution in [2.24, 2.45) is 5.92 Å². The zero-order valence-corrected chi connectivity index (χ0v) is 10.8. The molecule has 1 aromatic rings. The molecule has 4 heteroatoms. The van der Waals surface area contributed by atoms with Gasteiger partial charge in [0, 0.05) is 9.11 Å². The van der Waals surface area contributed by atoms with Crippen LogP contribution in [0.4, 0.5) is 4.39 Å². The van der Waals surface area contributed by atoms with E-state index in [9.17, 15) is 9.18 Å². The summed E-state index contributed by atoms with van der Waals surface area (Å²) in [6.45, 7) is 0. The van der Waals surface area contributed by atoms with Crippen LogP contribution in [0.1, 0.15) is 29.6 Å². The number of rotatable bonds is 2. The van der Waals surface area contributed by atoms with E-state index in [1.165, 1.54) is 6.07 Å². The Kier molecular flexibility index (Phi) is 2.24. The van der Waals surface area contributed by atoms with Crippen LogP contribution in [0.25, 0.3) is 0 Å². The Morgan fingerprint density at radius 3 is 2.62 bits per heavy atom. The summed E-state index contributed by atoms with van der Waals surface area (Å²) in [6.07, 6.45) is 3.22. The summed E-state index contributed by atoms with van der Waals surface area (Å²) < 4.78 is 14.2. The lowest BCUT2D eigenvalue weighted by Gasteiger charge is -2.61. The first-order valence-electron chi connectivity index (χ1n) is 5.36. The smallest absolute Gasteiger partial charge is 0.255 e. The fourth-order valence-corrected chi connectivity index (χ4v) is 3.36. The fourth-order valence-electron chi connectivity index (χ4n) is 2.65. The zero-order valence-electron chi connectivity index (χ0n) is 8.59. The van der Waals surface area contributed by atoms with Gasteiger partial charge in [0.2, 0.25) is 0 Å². The Balaban J connectivity index is 1.83. The third kappa shape index (κ3) is 1.46. The number of nitrogens with one attached hydrogen (secondary N) is 1. The van der Waals surface area contributed by atoms with E-state index < -0.39 is 5.82 Å². The topological polar surface area (TPSA) is 29.1 Å². The van der Waals surface area contributed by atoms with Crippen LogP contribution >= 0.6 is 22.6 Å². The maximum absolute atomic E-state index is 13.5. The summed E-state index contributed by atoms with van der Waals surface area (Å²) in [6, 6.07) is 4.70. The first-order chi connectivity index (χ1) is 7.60. The van der Waals surface area contributed by atoms with E-state index in [0.717, 1.165) is 25.2 Å². The molecular weight excluding hydrogens is 320 g/mol. The van der Waals surface area contributed by atoms with Gasteiger partial charge in [0.1, 0.15) is 5.82 Å². The Morgan fingerprint density at radius 2 is 2.12 bits per heavy atom. The highest BCUT2D eigenvalue weighted by Gasteiger charge is 2.57. The number of benzene rings is 1. The van der Waals surface area contributed by atoms with E-state index in [0.29, 0.717) is 3.57 Å². The van der Waals surface area contributed by atoms with Crippen molar-refractivity contribution in [2.75, 3.05) is 0 Å². The van der Waals surface area contributed by atoms with Crippen LogP contribution in [0.15, 0.2) is 18.2 Å². The van der Waals surface area contributed by atoms with Crippen molar-refractivity contribution in [3.05, 3.63) is 33.1 Å². The fraction of sp³-hybridized carbons (Fsp3) is 0.417. The predicted octanol–water partition coefficient (Wildman–Crippen LogP) is 2.71. The van der Waals surface area contributed by atoms with Crippen molar-refractivity contribution in [3.8, 4) is 0 Å². The summed E-state index contributed by atoms with van der Waals surface area (Å²) in [5.74, 6) is 0.108. The van der Waals surface area contributed by atoms with Crippen LogP contribution in [0.2, 0.25) is 0 Å². The van der Waals surface area contributed by atoms with Gasteiger partial charge in [-0.3, -0.25) is 4.79 Å². The molecule has 0 aliphatic heterocycles. The Hall–Kier alpha value is -0.650. The van der Waals surface area contributed by atoms with Crippen LogP contribution in [0.3, 0.4) is 0 Å². The molecule has 4 rings (SSSR count). The molecule has 0 unspecified atom stereocenters. The minimum atomic E-state index is -0.434. The largest absolute Gasteiger partial charge is 0.346 e. The normalized spacial score (nSPS) is 30.2. The molecule has 84 valence electrons. The van der Waals surface area contributed by atoms with E-state index in [2.05, 4.69) is 5.32 Å². The molecule has 3 aliphatic rings. The number of hydrogen-bond acceptors (Lipinski definition) is 1. The summed E-state index contributed by atoms with van der Waals surface area (Å²) in [5.41, 5.74) is 0.195. The second-order valence-corrected chi connectivity index (χ2v) is 5.97. The Labute approximate surface area is 107 Å². The molecule has 3 fully saturated rings. The predicted molar refractivity (Wildman–Crippen MR) is 66.7 cm³/mol. The average Bonchev–Trinajstić information content (AvgIpc) is 2.09. The van der Waals surface area contributed by atoms with E-state index in [-0.39, 0.29) is 17.0 Å². The molecule has 3 saturated carbocycles. The lowest BCUT2D eigenvalue weighted by atomic mass is 9.50. The van der Waals surface area contributed by atoms with Crippen molar-refractivity contribution in [2.45, 2.75) is 24.8 Å². The van der Waals surface area contributed by atoms with Gasteiger partial charge in [-0.1, -0.05) is 6.07 Å². The molecule has 0 spiro atoms. The van der Waals surface area contributed by atoms with E-state index in [4.69, 9.17) is 0 Å². The van der Waals surface area contributed by atoms with Gasteiger partial charge in [0.05, 0.1) is 5.56 Å². The SMILES string of the molecule is O=C(NC12CC(C1)C2)c1c(F)cccc1I. The van der Waals surface area contributed by atoms with E-state index in [1.807, 2.05) is 22.6 Å². The standard InChI is InChI=1S/C12H11FINO/c13-8-2-1-3-9(14)10(8)11(16)15-12-4-7(5-12)6-12/h1-3,7H,4-6H2,(H,15,16). The van der Waals surface area contributed by atoms with Crippen molar-refractivity contribution >= 4 is 28.5 Å². The summed E-state index contributed by atoms with van der Waals surface area (Å²) in [4.78, 5) is 12.0. The summed E-state index contributed by atoms with van der Waals surface area (Å²) in [5, 5.41) is 2.97. The van der Waals surface area contributed by atoms with Crippen molar-refractivity contribution < 1.29 is 9.18 Å². The second kappa shape index (κ2) is 3.42. The highest BCUT2D eigenvalue weighted by molar-refractivity contribution is 14.1. The molecule has 0 aromatic heterocycles. The molecule has 1 N–H and O–H groups in total. The van der Waals surface area contributed by atoms with Crippen molar-refractivity contribution in [3.63, 3.8) is 0 Å². The third-order valence-corrected chi connectivity index (χ3v) is 4.51. The molecule has 16 heavy (non-hydrogen) atoms. The van der Waals surface area contributed by atoms with Crippen molar-refractivity contribution in [1.82, 2.24) is 5.32 Å². The third-order valence-electron chi connectivity index (χ3n) is 3.61. The highest BCUT2D eigenvalue weighted by Crippen LogP contribution is 2.57. The monoisotopic (exact) mass is 331 g/mol. The summed E-state index contributed by atoms with van der Waals surface area (Å²) >= 11 is 1.99. The maximum Gasteiger partial charge on any atom is 0.255 e. The number of amides is 1. The lowest BCUT2D eigenvalue weighted by molar-refractivity contribution is -0.0439. The van der Waals surface area contributed by atoms with Crippen LogP contribution < -0.4 is 5.32 Å². The van der Waals surface area contributed by atoms with Gasteiger partial charge >= 0.3 is 0 Å². The summed E-state index contributed by atoms with van der Waals surface area (Å²) in [7, 11) is 0. The Bertz CT molecular complexity index is 437.